The van der Waals surface area contributed by atoms with Gasteiger partial charge in [0, 0.05) is 24.9 Å². The zero-order valence-corrected chi connectivity index (χ0v) is 10.5. The highest BCUT2D eigenvalue weighted by molar-refractivity contribution is 6.25. The van der Waals surface area contributed by atoms with Gasteiger partial charge in [0.05, 0.1) is 6.20 Å². The van der Waals surface area contributed by atoms with Gasteiger partial charge in [-0.2, -0.15) is 5.10 Å². The average molecular weight is 260 g/mol. The van der Waals surface area contributed by atoms with Crippen molar-refractivity contribution in [3.63, 3.8) is 0 Å². The van der Waals surface area contributed by atoms with Crippen LogP contribution in [0.5, 0.6) is 0 Å². The Morgan fingerprint density at radius 2 is 2.21 bits per heavy atom. The molecule has 6 nitrogen and oxygen atoms in total. The van der Waals surface area contributed by atoms with Crippen molar-refractivity contribution in [2.75, 3.05) is 0 Å². The van der Waals surface area contributed by atoms with E-state index in [-0.39, 0.29) is 5.76 Å². The van der Waals surface area contributed by atoms with Crippen molar-refractivity contribution in [2.45, 2.75) is 6.92 Å². The summed E-state index contributed by atoms with van der Waals surface area (Å²) in [5.74, 6) is -3.16. The fourth-order valence-electron chi connectivity index (χ4n) is 1.70. The number of aromatic nitrogens is 2. The number of allylic oxidation sites excluding steroid dienone is 3. The summed E-state index contributed by atoms with van der Waals surface area (Å²) in [5.41, 5.74) is 0.708. The van der Waals surface area contributed by atoms with Gasteiger partial charge < -0.3 is 4.74 Å². The minimum atomic E-state index is -1.39. The van der Waals surface area contributed by atoms with Crippen LogP contribution in [-0.4, -0.2) is 27.3 Å². The molecule has 1 aliphatic heterocycles. The van der Waals surface area contributed by atoms with Crippen molar-refractivity contribution in [2.24, 2.45) is 13.0 Å². The van der Waals surface area contributed by atoms with Crippen LogP contribution >= 0.6 is 0 Å². The Labute approximate surface area is 109 Å². The molecule has 0 N–H and O–H groups in total. The van der Waals surface area contributed by atoms with Gasteiger partial charge in [0.25, 0.3) is 0 Å². The van der Waals surface area contributed by atoms with Crippen molar-refractivity contribution < 1.29 is 19.1 Å². The number of aryl methyl sites for hydroxylation is 1. The Bertz CT molecular complexity index is 610. The van der Waals surface area contributed by atoms with Gasteiger partial charge in [-0.1, -0.05) is 0 Å². The number of nitrogens with zero attached hydrogens (tertiary/aromatic N) is 2. The molecule has 0 saturated heterocycles. The normalized spacial score (nSPS) is 19.5. The molecule has 19 heavy (non-hydrogen) atoms. The lowest BCUT2D eigenvalue weighted by Crippen LogP contribution is -2.34. The molecular weight excluding hydrogens is 248 g/mol. The van der Waals surface area contributed by atoms with E-state index in [2.05, 4.69) is 5.10 Å². The molecule has 2 heterocycles. The summed E-state index contributed by atoms with van der Waals surface area (Å²) < 4.78 is 6.36. The molecule has 2 rings (SSSR count). The number of esters is 1. The zero-order valence-electron chi connectivity index (χ0n) is 10.5. The van der Waals surface area contributed by atoms with Gasteiger partial charge in [-0.3, -0.25) is 19.1 Å². The van der Waals surface area contributed by atoms with Crippen LogP contribution in [0, 0.1) is 5.92 Å². The topological polar surface area (TPSA) is 78.3 Å². The number of cyclic esters (lactones) is 1. The van der Waals surface area contributed by atoms with Gasteiger partial charge >= 0.3 is 5.97 Å². The second-order valence-corrected chi connectivity index (χ2v) is 4.19. The highest BCUT2D eigenvalue weighted by atomic mass is 16.5. The van der Waals surface area contributed by atoms with E-state index < -0.39 is 23.5 Å². The molecular formula is C13H12N2O4. The summed E-state index contributed by atoms with van der Waals surface area (Å²) in [6.45, 7) is 1.49. The van der Waals surface area contributed by atoms with Gasteiger partial charge in [-0.25, -0.2) is 0 Å². The first kappa shape index (κ1) is 12.9. The number of ether oxygens (including phenoxy) is 1. The predicted octanol–water partition coefficient (Wildman–Crippen LogP) is 0.648. The molecule has 1 aromatic heterocycles. The first-order valence-corrected chi connectivity index (χ1v) is 5.62. The number of rotatable bonds is 3. The number of hydrogen-bond donors (Lipinski definition) is 0. The van der Waals surface area contributed by atoms with Crippen LogP contribution in [0.15, 0.2) is 30.3 Å². The third kappa shape index (κ3) is 2.85. The third-order valence-corrected chi connectivity index (χ3v) is 2.58. The lowest BCUT2D eigenvalue weighted by atomic mass is 9.96. The van der Waals surface area contributed by atoms with Crippen LogP contribution in [0.2, 0.25) is 0 Å². The first-order chi connectivity index (χ1) is 8.97. The number of ketones is 2. The van der Waals surface area contributed by atoms with Crippen molar-refractivity contribution in [3.05, 3.63) is 35.9 Å². The third-order valence-electron chi connectivity index (χ3n) is 2.58. The molecule has 0 saturated carbocycles. The van der Waals surface area contributed by atoms with Gasteiger partial charge in [-0.05, 0) is 19.1 Å². The van der Waals surface area contributed by atoms with Crippen LogP contribution < -0.4 is 0 Å². The molecule has 0 aliphatic carbocycles. The molecule has 0 fully saturated rings. The van der Waals surface area contributed by atoms with Crippen molar-refractivity contribution >= 4 is 23.6 Å². The molecule has 1 atom stereocenters. The van der Waals surface area contributed by atoms with E-state index in [4.69, 9.17) is 4.74 Å². The molecule has 0 bridgehead atoms. The largest absolute Gasteiger partial charge is 0.430 e. The van der Waals surface area contributed by atoms with Crippen molar-refractivity contribution in [3.8, 4) is 0 Å². The van der Waals surface area contributed by atoms with Crippen LogP contribution in [0.4, 0.5) is 0 Å². The van der Waals surface area contributed by atoms with Gasteiger partial charge in [0.15, 0.2) is 17.5 Å². The van der Waals surface area contributed by atoms with Crippen LogP contribution in [0.3, 0.4) is 0 Å². The van der Waals surface area contributed by atoms with Crippen molar-refractivity contribution in [1.29, 1.82) is 0 Å². The lowest BCUT2D eigenvalue weighted by Gasteiger charge is -2.15. The van der Waals surface area contributed by atoms with Gasteiger partial charge in [0.2, 0.25) is 0 Å². The average Bonchev–Trinajstić information content (AvgIpc) is 2.71. The smallest absolute Gasteiger partial charge is 0.329 e. The maximum Gasteiger partial charge on any atom is 0.329 e. The number of hydrogen-bond acceptors (Lipinski definition) is 5. The van der Waals surface area contributed by atoms with Gasteiger partial charge in [-0.15, -0.1) is 0 Å². The summed E-state index contributed by atoms with van der Waals surface area (Å²) in [5, 5.41) is 3.93. The maximum atomic E-state index is 11.8. The summed E-state index contributed by atoms with van der Waals surface area (Å²) >= 11 is 0. The Kier molecular flexibility index (Phi) is 3.41. The van der Waals surface area contributed by atoms with E-state index in [1.54, 1.807) is 24.1 Å². The fraction of sp³-hybridized carbons (Fsp3) is 0.231. The Morgan fingerprint density at radius 3 is 2.79 bits per heavy atom. The Morgan fingerprint density at radius 1 is 1.47 bits per heavy atom. The van der Waals surface area contributed by atoms with E-state index in [0.717, 1.165) is 6.08 Å². The minimum Gasteiger partial charge on any atom is -0.430 e. The molecule has 0 radical (unpaired) electrons. The molecule has 1 aromatic rings. The Balaban J connectivity index is 2.14. The first-order valence-electron chi connectivity index (χ1n) is 5.62. The van der Waals surface area contributed by atoms with Crippen molar-refractivity contribution in [1.82, 2.24) is 9.78 Å². The summed E-state index contributed by atoms with van der Waals surface area (Å²) in [4.78, 5) is 35.0. The molecule has 0 aromatic carbocycles. The quantitative estimate of drug-likeness (QED) is 0.453. The summed E-state index contributed by atoms with van der Waals surface area (Å²) in [6.07, 6.45) is 7.11. The fourth-order valence-corrected chi connectivity index (χ4v) is 1.70. The highest BCUT2D eigenvalue weighted by Crippen LogP contribution is 2.16. The maximum absolute atomic E-state index is 11.8. The molecule has 0 spiro atoms. The van der Waals surface area contributed by atoms with E-state index in [9.17, 15) is 14.4 Å². The molecule has 98 valence electrons. The monoisotopic (exact) mass is 260 g/mol. The van der Waals surface area contributed by atoms with E-state index >= 15 is 0 Å². The number of carbonyl (C=O) groups excluding carboxylic acids is 3. The highest BCUT2D eigenvalue weighted by Gasteiger charge is 2.36. The molecule has 6 heteroatoms. The van der Waals surface area contributed by atoms with Gasteiger partial charge in [0.1, 0.15) is 5.76 Å². The standard InChI is InChI=1S/C13H12N2O4/c1-8-5-11(17)12(13(18)19-8)10(16)4-3-9-6-14-15(2)7-9/h3-7,12H,1-2H3/b4-3+/t12-/m0/s1. The second kappa shape index (κ2) is 5.01. The Hall–Kier alpha value is -2.50. The molecule has 0 unspecified atom stereocenters. The van der Waals surface area contributed by atoms with Crippen LogP contribution in [-0.2, 0) is 26.2 Å². The number of carbonyl (C=O) groups is 3. The zero-order chi connectivity index (χ0) is 14.0. The molecule has 1 aliphatic rings. The van der Waals surface area contributed by atoms with E-state index in [0.29, 0.717) is 5.56 Å². The SMILES string of the molecule is CC1=CC(=O)[C@H](C(=O)/C=C/c2cnn(C)c2)C(=O)O1. The van der Waals surface area contributed by atoms with E-state index in [1.165, 1.54) is 19.1 Å². The molecule has 0 amide bonds. The second-order valence-electron chi connectivity index (χ2n) is 4.19. The van der Waals surface area contributed by atoms with Crippen LogP contribution in [0.25, 0.3) is 6.08 Å². The summed E-state index contributed by atoms with van der Waals surface area (Å²) in [6, 6.07) is 0. The van der Waals surface area contributed by atoms with Crippen LogP contribution in [0.1, 0.15) is 12.5 Å². The summed E-state index contributed by atoms with van der Waals surface area (Å²) in [7, 11) is 1.74. The minimum absolute atomic E-state index is 0.204. The lowest BCUT2D eigenvalue weighted by molar-refractivity contribution is -0.151. The van der Waals surface area contributed by atoms with E-state index in [1.807, 2.05) is 0 Å². The predicted molar refractivity (Wildman–Crippen MR) is 65.6 cm³/mol.